The van der Waals surface area contributed by atoms with E-state index in [1.807, 2.05) is 30.3 Å². The van der Waals surface area contributed by atoms with Crippen LogP contribution >= 0.6 is 12.4 Å². The highest BCUT2D eigenvalue weighted by Crippen LogP contribution is 2.18. The molecule has 0 aliphatic heterocycles. The van der Waals surface area contributed by atoms with Gasteiger partial charge in [-0.15, -0.1) is 12.4 Å². The number of hydrogen-bond acceptors (Lipinski definition) is 3. The first-order valence-electron chi connectivity index (χ1n) is 5.95. The van der Waals surface area contributed by atoms with Crippen LogP contribution in [0.1, 0.15) is 18.4 Å². The molecule has 4 N–H and O–H groups in total. The lowest BCUT2D eigenvalue weighted by Gasteiger charge is -2.18. The van der Waals surface area contributed by atoms with Crippen LogP contribution in [0.4, 0.5) is 0 Å². The number of hydrogen-bond donors (Lipinski definition) is 3. The number of benzene rings is 1. The van der Waals surface area contributed by atoms with Crippen LogP contribution in [0.2, 0.25) is 0 Å². The maximum atomic E-state index is 11.6. The van der Waals surface area contributed by atoms with Crippen molar-refractivity contribution in [2.24, 2.45) is 5.73 Å². The van der Waals surface area contributed by atoms with Gasteiger partial charge in [0.05, 0.1) is 0 Å². The predicted molar refractivity (Wildman–Crippen MR) is 72.5 cm³/mol. The molecular formula is C13H19ClN2O2. The summed E-state index contributed by atoms with van der Waals surface area (Å²) in [7, 11) is 0. The number of aliphatic hydroxyl groups is 1. The van der Waals surface area contributed by atoms with Gasteiger partial charge < -0.3 is 16.2 Å². The molecule has 1 aliphatic rings. The molecule has 1 aliphatic carbocycles. The van der Waals surface area contributed by atoms with E-state index in [9.17, 15) is 9.90 Å². The minimum absolute atomic E-state index is 0. The lowest BCUT2D eigenvalue weighted by atomic mass is 10.0. The van der Waals surface area contributed by atoms with E-state index in [1.54, 1.807) is 0 Å². The monoisotopic (exact) mass is 270 g/mol. The van der Waals surface area contributed by atoms with E-state index in [0.717, 1.165) is 18.4 Å². The highest BCUT2D eigenvalue weighted by atomic mass is 35.5. The molecule has 2 atom stereocenters. The van der Waals surface area contributed by atoms with Gasteiger partial charge in [0.1, 0.15) is 6.10 Å². The zero-order valence-corrected chi connectivity index (χ0v) is 10.9. The molecule has 1 aromatic carbocycles. The minimum Gasteiger partial charge on any atom is -0.382 e. The van der Waals surface area contributed by atoms with E-state index in [1.165, 1.54) is 0 Å². The van der Waals surface area contributed by atoms with Crippen LogP contribution in [0.5, 0.6) is 0 Å². The fourth-order valence-corrected chi connectivity index (χ4v) is 1.71. The zero-order chi connectivity index (χ0) is 12.3. The average Bonchev–Trinajstić information content (AvgIpc) is 3.13. The van der Waals surface area contributed by atoms with Gasteiger partial charge in [-0.1, -0.05) is 30.3 Å². The Morgan fingerprint density at radius 3 is 2.56 bits per heavy atom. The summed E-state index contributed by atoms with van der Waals surface area (Å²) in [6.45, 7) is 0. The first kappa shape index (κ1) is 15.0. The number of aliphatic hydroxyl groups excluding tert-OH is 1. The average molecular weight is 271 g/mol. The Kier molecular flexibility index (Phi) is 5.59. The van der Waals surface area contributed by atoms with E-state index in [0.29, 0.717) is 6.42 Å². The third-order valence-electron chi connectivity index (χ3n) is 2.91. The van der Waals surface area contributed by atoms with Crippen molar-refractivity contribution in [1.82, 2.24) is 5.32 Å². The minimum atomic E-state index is -1.13. The molecule has 1 amide bonds. The van der Waals surface area contributed by atoms with Crippen molar-refractivity contribution in [3.8, 4) is 0 Å². The molecule has 1 saturated carbocycles. The van der Waals surface area contributed by atoms with Crippen LogP contribution in [-0.2, 0) is 11.2 Å². The quantitative estimate of drug-likeness (QED) is 0.734. The summed E-state index contributed by atoms with van der Waals surface area (Å²) in [5.74, 6) is -0.351. The van der Waals surface area contributed by atoms with Gasteiger partial charge in [-0.25, -0.2) is 0 Å². The van der Waals surface area contributed by atoms with E-state index in [4.69, 9.17) is 5.73 Å². The van der Waals surface area contributed by atoms with Gasteiger partial charge >= 0.3 is 0 Å². The first-order chi connectivity index (χ1) is 8.16. The molecule has 1 fully saturated rings. The van der Waals surface area contributed by atoms with E-state index in [2.05, 4.69) is 5.32 Å². The molecule has 4 nitrogen and oxygen atoms in total. The summed E-state index contributed by atoms with van der Waals surface area (Å²) < 4.78 is 0. The Bertz CT molecular complexity index is 382. The molecule has 1 unspecified atom stereocenters. The van der Waals surface area contributed by atoms with Crippen LogP contribution < -0.4 is 11.1 Å². The van der Waals surface area contributed by atoms with Gasteiger partial charge in [0.25, 0.3) is 5.91 Å². The fourth-order valence-electron chi connectivity index (χ4n) is 1.71. The predicted octanol–water partition coefficient (Wildman–Crippen LogP) is 0.618. The molecule has 0 aromatic heterocycles. The molecule has 5 heteroatoms. The van der Waals surface area contributed by atoms with Crippen molar-refractivity contribution in [2.75, 3.05) is 0 Å². The molecular weight excluding hydrogens is 252 g/mol. The van der Waals surface area contributed by atoms with Crippen LogP contribution in [0.3, 0.4) is 0 Å². The topological polar surface area (TPSA) is 75.3 Å². The SMILES string of the molecule is Cl.N[C@@H](Cc1ccccc1)C(O)C(=O)NC1CC1. The normalized spacial score (nSPS) is 17.4. The van der Waals surface area contributed by atoms with Crippen molar-refractivity contribution >= 4 is 18.3 Å². The fraction of sp³-hybridized carbons (Fsp3) is 0.462. The van der Waals surface area contributed by atoms with Crippen LogP contribution in [0, 0.1) is 0 Å². The highest BCUT2D eigenvalue weighted by Gasteiger charge is 2.29. The van der Waals surface area contributed by atoms with E-state index < -0.39 is 12.1 Å². The Hall–Kier alpha value is -1.10. The standard InChI is InChI=1S/C13H18N2O2.ClH/c14-11(8-9-4-2-1-3-5-9)12(16)13(17)15-10-6-7-10;/h1-5,10-12,16H,6-8,14H2,(H,15,17);1H/t11-,12?;/m0./s1. The summed E-state index contributed by atoms with van der Waals surface area (Å²) in [5, 5.41) is 12.5. The molecule has 2 rings (SSSR count). The van der Waals surface area contributed by atoms with Crippen molar-refractivity contribution in [2.45, 2.75) is 37.5 Å². The molecule has 0 spiro atoms. The van der Waals surface area contributed by atoms with Gasteiger partial charge in [-0.3, -0.25) is 4.79 Å². The first-order valence-corrected chi connectivity index (χ1v) is 5.95. The number of carbonyl (C=O) groups excluding carboxylic acids is 1. The Morgan fingerprint density at radius 2 is 2.00 bits per heavy atom. The lowest BCUT2D eigenvalue weighted by molar-refractivity contribution is -0.130. The maximum Gasteiger partial charge on any atom is 0.250 e. The summed E-state index contributed by atoms with van der Waals surface area (Å²) >= 11 is 0. The van der Waals surface area contributed by atoms with Crippen LogP contribution in [0.25, 0.3) is 0 Å². The number of halogens is 1. The van der Waals surface area contributed by atoms with Gasteiger partial charge in [0.2, 0.25) is 0 Å². The second-order valence-corrected chi connectivity index (χ2v) is 4.58. The van der Waals surface area contributed by atoms with Gasteiger partial charge in [0.15, 0.2) is 0 Å². The molecule has 0 saturated heterocycles. The van der Waals surface area contributed by atoms with Crippen molar-refractivity contribution in [3.63, 3.8) is 0 Å². The lowest BCUT2D eigenvalue weighted by Crippen LogP contribution is -2.48. The largest absolute Gasteiger partial charge is 0.382 e. The molecule has 0 bridgehead atoms. The van der Waals surface area contributed by atoms with Crippen molar-refractivity contribution in [3.05, 3.63) is 35.9 Å². The smallest absolute Gasteiger partial charge is 0.250 e. The molecule has 100 valence electrons. The van der Waals surface area contributed by atoms with Gasteiger partial charge in [-0.2, -0.15) is 0 Å². The zero-order valence-electron chi connectivity index (χ0n) is 10.1. The summed E-state index contributed by atoms with van der Waals surface area (Å²) in [4.78, 5) is 11.6. The second-order valence-electron chi connectivity index (χ2n) is 4.58. The third kappa shape index (κ3) is 4.29. The molecule has 18 heavy (non-hydrogen) atoms. The van der Waals surface area contributed by atoms with Gasteiger partial charge in [0, 0.05) is 12.1 Å². The molecule has 1 aromatic rings. The van der Waals surface area contributed by atoms with Crippen LogP contribution in [-0.4, -0.2) is 29.2 Å². The number of nitrogens with one attached hydrogen (secondary N) is 1. The summed E-state index contributed by atoms with van der Waals surface area (Å²) in [6.07, 6.45) is 1.38. The van der Waals surface area contributed by atoms with Crippen molar-refractivity contribution < 1.29 is 9.90 Å². The van der Waals surface area contributed by atoms with E-state index >= 15 is 0 Å². The molecule has 0 radical (unpaired) electrons. The Labute approximate surface area is 113 Å². The molecule has 0 heterocycles. The number of amides is 1. The number of carbonyl (C=O) groups is 1. The van der Waals surface area contributed by atoms with Crippen molar-refractivity contribution in [1.29, 1.82) is 0 Å². The van der Waals surface area contributed by atoms with Crippen LogP contribution in [0.15, 0.2) is 30.3 Å². The Morgan fingerprint density at radius 1 is 1.39 bits per heavy atom. The van der Waals surface area contributed by atoms with E-state index in [-0.39, 0.29) is 24.4 Å². The third-order valence-corrected chi connectivity index (χ3v) is 2.91. The Balaban J connectivity index is 0.00000162. The summed E-state index contributed by atoms with van der Waals surface area (Å²) in [6, 6.07) is 9.32. The number of rotatable bonds is 5. The summed E-state index contributed by atoms with van der Waals surface area (Å²) in [5.41, 5.74) is 6.86. The number of nitrogens with two attached hydrogens (primary N) is 1. The second kappa shape index (κ2) is 6.73. The van der Waals surface area contributed by atoms with Gasteiger partial charge in [-0.05, 0) is 24.8 Å². The maximum absolute atomic E-state index is 11.6. The highest BCUT2D eigenvalue weighted by molar-refractivity contribution is 5.85.